The molecule has 5 nitrogen and oxygen atoms in total. The van der Waals surface area contributed by atoms with Crippen LogP contribution in [0, 0.1) is 0 Å². The zero-order valence-electron chi connectivity index (χ0n) is 19.5. The minimum absolute atomic E-state index is 0.126. The van der Waals surface area contributed by atoms with Crippen molar-refractivity contribution in [3.8, 4) is 11.5 Å². The van der Waals surface area contributed by atoms with Gasteiger partial charge < -0.3 is 24.3 Å². The Kier molecular flexibility index (Phi) is 5.38. The molecule has 0 aliphatic carbocycles. The summed E-state index contributed by atoms with van der Waals surface area (Å²) < 4.78 is 6.32. The van der Waals surface area contributed by atoms with Gasteiger partial charge in [-0.2, -0.15) is 0 Å². The van der Waals surface area contributed by atoms with Crippen LogP contribution in [0.25, 0.3) is 0 Å². The van der Waals surface area contributed by atoms with Gasteiger partial charge >= 0.3 is 0 Å². The summed E-state index contributed by atoms with van der Waals surface area (Å²) in [6.45, 7) is 10.8. The molecule has 0 radical (unpaired) electrons. The molecule has 0 N–H and O–H groups in total. The quantitative estimate of drug-likeness (QED) is 0.633. The maximum Gasteiger partial charge on any atom is 0.127 e. The van der Waals surface area contributed by atoms with Crippen LogP contribution in [0.3, 0.4) is 0 Å². The van der Waals surface area contributed by atoms with Gasteiger partial charge in [-0.15, -0.1) is 0 Å². The molecular formula is C26H34N4O. The van der Waals surface area contributed by atoms with Crippen molar-refractivity contribution in [2.75, 3.05) is 27.4 Å². The van der Waals surface area contributed by atoms with Gasteiger partial charge in [0.05, 0.1) is 24.4 Å². The van der Waals surface area contributed by atoms with Crippen LogP contribution in [0.2, 0.25) is 0 Å². The van der Waals surface area contributed by atoms with Gasteiger partial charge in [-0.1, -0.05) is 24.3 Å². The predicted octanol–water partition coefficient (Wildman–Crippen LogP) is 5.30. The van der Waals surface area contributed by atoms with E-state index < -0.39 is 0 Å². The lowest BCUT2D eigenvalue weighted by atomic mass is 9.92. The van der Waals surface area contributed by atoms with Gasteiger partial charge in [-0.25, -0.2) is 0 Å². The first-order chi connectivity index (χ1) is 14.7. The van der Waals surface area contributed by atoms with Crippen molar-refractivity contribution in [2.45, 2.75) is 38.8 Å². The third kappa shape index (κ3) is 4.22. The topological polar surface area (TPSA) is 22.2 Å². The molecular weight excluding hydrogens is 384 g/mol. The molecule has 2 heterocycles. The third-order valence-electron chi connectivity index (χ3n) is 6.51. The first kappa shape index (κ1) is 21.2. The van der Waals surface area contributed by atoms with E-state index in [1.54, 1.807) is 0 Å². The number of rotatable bonds is 6. The van der Waals surface area contributed by atoms with Crippen LogP contribution in [0.5, 0.6) is 11.5 Å². The van der Waals surface area contributed by atoms with Gasteiger partial charge in [-0.05, 0) is 63.1 Å². The van der Waals surface area contributed by atoms with E-state index in [2.05, 4.69) is 123 Å². The molecule has 0 saturated carbocycles. The summed E-state index contributed by atoms with van der Waals surface area (Å²) in [5.41, 5.74) is 2.20. The Morgan fingerprint density at radius 1 is 0.645 bits per heavy atom. The average molecular weight is 419 g/mol. The molecule has 0 bridgehead atoms. The number of nitrogens with zero attached hydrogens (tertiary/aromatic N) is 4. The summed E-state index contributed by atoms with van der Waals surface area (Å²) in [7, 11) is 4.19. The highest BCUT2D eigenvalue weighted by Gasteiger charge is 2.31. The lowest BCUT2D eigenvalue weighted by Gasteiger charge is -2.37. The van der Waals surface area contributed by atoms with Crippen LogP contribution in [0.4, 0.5) is 0 Å². The second-order valence-corrected chi connectivity index (χ2v) is 9.61. The minimum Gasteiger partial charge on any atom is -0.457 e. The van der Waals surface area contributed by atoms with E-state index in [4.69, 9.17) is 4.74 Å². The number of ether oxygens (including phenoxy) is 1. The highest BCUT2D eigenvalue weighted by Crippen LogP contribution is 2.35. The zero-order valence-corrected chi connectivity index (χ0v) is 19.5. The van der Waals surface area contributed by atoms with E-state index in [0.717, 1.165) is 24.8 Å². The summed E-state index contributed by atoms with van der Waals surface area (Å²) in [6.07, 6.45) is 8.54. The standard InChI is InChI=1S/C26H34N4O/c1-25(2,29-15-13-27(5)19-29)21-9-7-11-23(17-21)31-24-12-8-10-22(18-24)26(3,4)30-16-14-28(6)20-30/h7-18H,19-20H2,1-6H3. The fraction of sp³-hybridized carbons (Fsp3) is 0.385. The van der Waals surface area contributed by atoms with E-state index >= 15 is 0 Å². The molecule has 0 unspecified atom stereocenters. The molecule has 0 fully saturated rings. The van der Waals surface area contributed by atoms with Crippen LogP contribution in [-0.4, -0.2) is 47.0 Å². The molecule has 0 amide bonds. The fourth-order valence-corrected chi connectivity index (χ4v) is 4.13. The minimum atomic E-state index is -0.126. The van der Waals surface area contributed by atoms with Crippen LogP contribution in [0.1, 0.15) is 38.8 Å². The molecule has 0 spiro atoms. The Morgan fingerprint density at radius 2 is 1.06 bits per heavy atom. The molecule has 164 valence electrons. The number of hydrogen-bond donors (Lipinski definition) is 0. The largest absolute Gasteiger partial charge is 0.457 e. The van der Waals surface area contributed by atoms with Gasteiger partial charge in [0, 0.05) is 38.9 Å². The van der Waals surface area contributed by atoms with Gasteiger partial charge in [0.2, 0.25) is 0 Å². The molecule has 0 atom stereocenters. The predicted molar refractivity (Wildman–Crippen MR) is 126 cm³/mol. The van der Waals surface area contributed by atoms with Crippen LogP contribution < -0.4 is 4.74 Å². The van der Waals surface area contributed by atoms with E-state index in [1.165, 1.54) is 11.1 Å². The van der Waals surface area contributed by atoms with Gasteiger partial charge in [-0.3, -0.25) is 0 Å². The summed E-state index contributed by atoms with van der Waals surface area (Å²) in [5.74, 6) is 1.72. The first-order valence-electron chi connectivity index (χ1n) is 10.9. The Bertz CT molecular complexity index is 915. The maximum absolute atomic E-state index is 6.32. The SMILES string of the molecule is CN1C=CN(C(C)(C)c2cccc(Oc3cccc(C(C)(C)N4C=CN(C)C4)c3)c2)C1. The van der Waals surface area contributed by atoms with Crippen LogP contribution in [0.15, 0.2) is 73.3 Å². The molecule has 5 heteroatoms. The van der Waals surface area contributed by atoms with Crippen molar-refractivity contribution in [1.82, 2.24) is 19.6 Å². The first-order valence-corrected chi connectivity index (χ1v) is 10.9. The molecule has 0 aromatic heterocycles. The second-order valence-electron chi connectivity index (χ2n) is 9.61. The van der Waals surface area contributed by atoms with Crippen LogP contribution in [-0.2, 0) is 11.1 Å². The van der Waals surface area contributed by atoms with E-state index in [1.807, 2.05) is 12.1 Å². The van der Waals surface area contributed by atoms with Crippen molar-refractivity contribution in [1.29, 1.82) is 0 Å². The Hall–Kier alpha value is -3.08. The van der Waals surface area contributed by atoms with E-state index in [-0.39, 0.29) is 11.1 Å². The molecule has 0 saturated heterocycles. The van der Waals surface area contributed by atoms with Crippen molar-refractivity contribution >= 4 is 0 Å². The highest BCUT2D eigenvalue weighted by atomic mass is 16.5. The number of benzene rings is 2. The van der Waals surface area contributed by atoms with Crippen LogP contribution >= 0.6 is 0 Å². The maximum atomic E-state index is 6.32. The van der Waals surface area contributed by atoms with Gasteiger partial charge in [0.15, 0.2) is 0 Å². The average Bonchev–Trinajstić information content (AvgIpc) is 3.37. The molecule has 2 aromatic rings. The van der Waals surface area contributed by atoms with Gasteiger partial charge in [0.25, 0.3) is 0 Å². The van der Waals surface area contributed by atoms with Crippen molar-refractivity contribution < 1.29 is 4.74 Å². The normalized spacial score (nSPS) is 16.6. The summed E-state index contributed by atoms with van der Waals surface area (Å²) in [5, 5.41) is 0. The number of hydrogen-bond acceptors (Lipinski definition) is 5. The molecule has 31 heavy (non-hydrogen) atoms. The zero-order chi connectivity index (χ0) is 22.2. The second kappa shape index (κ2) is 7.88. The fourth-order valence-electron chi connectivity index (χ4n) is 4.13. The molecule has 4 rings (SSSR count). The summed E-state index contributed by atoms with van der Waals surface area (Å²) in [4.78, 5) is 9.05. The monoisotopic (exact) mass is 418 g/mol. The highest BCUT2D eigenvalue weighted by molar-refractivity contribution is 5.39. The van der Waals surface area contributed by atoms with Crippen molar-refractivity contribution in [3.05, 3.63) is 84.5 Å². The Labute approximate surface area is 186 Å². The van der Waals surface area contributed by atoms with Crippen molar-refractivity contribution in [2.24, 2.45) is 0 Å². The summed E-state index contributed by atoms with van der Waals surface area (Å²) >= 11 is 0. The third-order valence-corrected chi connectivity index (χ3v) is 6.51. The molecule has 2 aliphatic rings. The van der Waals surface area contributed by atoms with E-state index in [9.17, 15) is 0 Å². The molecule has 2 aliphatic heterocycles. The summed E-state index contributed by atoms with van der Waals surface area (Å²) in [6, 6.07) is 16.9. The Balaban J connectivity index is 1.54. The lowest BCUT2D eigenvalue weighted by molar-refractivity contribution is 0.156. The van der Waals surface area contributed by atoms with E-state index in [0.29, 0.717) is 0 Å². The van der Waals surface area contributed by atoms with Crippen molar-refractivity contribution in [3.63, 3.8) is 0 Å². The molecule has 2 aromatic carbocycles. The van der Waals surface area contributed by atoms with Gasteiger partial charge in [0.1, 0.15) is 11.5 Å². The lowest BCUT2D eigenvalue weighted by Crippen LogP contribution is -2.39. The smallest absolute Gasteiger partial charge is 0.127 e. The Morgan fingerprint density at radius 3 is 1.42 bits per heavy atom.